The second-order valence-electron chi connectivity index (χ2n) is 7.43. The van der Waals surface area contributed by atoms with Crippen molar-refractivity contribution in [3.63, 3.8) is 0 Å². The summed E-state index contributed by atoms with van der Waals surface area (Å²) in [6.07, 6.45) is 1.12. The van der Waals surface area contributed by atoms with Crippen molar-refractivity contribution in [2.24, 2.45) is 0 Å². The highest BCUT2D eigenvalue weighted by Crippen LogP contribution is 2.24. The van der Waals surface area contributed by atoms with Gasteiger partial charge in [0.05, 0.1) is 5.52 Å². The van der Waals surface area contributed by atoms with Gasteiger partial charge in [0.1, 0.15) is 0 Å². The van der Waals surface area contributed by atoms with Crippen LogP contribution in [0.2, 0.25) is 0 Å². The lowest BCUT2D eigenvalue weighted by Gasteiger charge is -2.37. The van der Waals surface area contributed by atoms with E-state index in [1.165, 1.54) is 16.8 Å². The summed E-state index contributed by atoms with van der Waals surface area (Å²) < 4.78 is 5.01. The van der Waals surface area contributed by atoms with Crippen molar-refractivity contribution in [3.05, 3.63) is 63.6 Å². The molecule has 0 bridgehead atoms. The van der Waals surface area contributed by atoms with Crippen LogP contribution in [0.4, 0.5) is 5.69 Å². The summed E-state index contributed by atoms with van der Waals surface area (Å²) in [5.41, 5.74) is 6.13. The second-order valence-corrected chi connectivity index (χ2v) is 7.43. The quantitative estimate of drug-likeness (QED) is 0.757. The SMILES string of the molecule is Cc1cccc(N2CCN(C(=O)CCc3ccc4oc(=O)[nH]c4c3)CC2)c1C. The molecular weight excluding hydrogens is 354 g/mol. The largest absolute Gasteiger partial charge is 0.417 e. The summed E-state index contributed by atoms with van der Waals surface area (Å²) >= 11 is 0. The fourth-order valence-corrected chi connectivity index (χ4v) is 3.84. The smallest absolute Gasteiger partial charge is 0.408 e. The Hall–Kier alpha value is -3.02. The number of piperazine rings is 1. The van der Waals surface area contributed by atoms with Gasteiger partial charge in [-0.2, -0.15) is 0 Å². The van der Waals surface area contributed by atoms with Gasteiger partial charge in [-0.1, -0.05) is 18.2 Å². The molecule has 1 aromatic heterocycles. The van der Waals surface area contributed by atoms with Crippen molar-refractivity contribution in [2.75, 3.05) is 31.1 Å². The van der Waals surface area contributed by atoms with Crippen LogP contribution >= 0.6 is 0 Å². The Bertz CT molecular complexity index is 1060. The van der Waals surface area contributed by atoms with Crippen LogP contribution < -0.4 is 10.7 Å². The normalized spacial score (nSPS) is 14.6. The number of carbonyl (C=O) groups is 1. The average Bonchev–Trinajstić information content (AvgIpc) is 3.07. The highest BCUT2D eigenvalue weighted by molar-refractivity contribution is 5.77. The Morgan fingerprint density at radius 3 is 2.68 bits per heavy atom. The number of benzene rings is 2. The van der Waals surface area contributed by atoms with E-state index in [1.54, 1.807) is 6.07 Å². The number of oxazole rings is 1. The van der Waals surface area contributed by atoms with Crippen molar-refractivity contribution in [1.82, 2.24) is 9.88 Å². The van der Waals surface area contributed by atoms with E-state index in [9.17, 15) is 9.59 Å². The van der Waals surface area contributed by atoms with Gasteiger partial charge < -0.3 is 14.2 Å². The molecule has 2 aromatic carbocycles. The minimum atomic E-state index is -0.454. The van der Waals surface area contributed by atoms with Crippen molar-refractivity contribution in [1.29, 1.82) is 0 Å². The Morgan fingerprint density at radius 2 is 1.89 bits per heavy atom. The minimum Gasteiger partial charge on any atom is -0.408 e. The van der Waals surface area contributed by atoms with Crippen molar-refractivity contribution >= 4 is 22.7 Å². The fraction of sp³-hybridized carbons (Fsp3) is 0.364. The number of nitrogens with zero attached hydrogens (tertiary/aromatic N) is 2. The predicted octanol–water partition coefficient (Wildman–Crippen LogP) is 3.02. The maximum atomic E-state index is 12.6. The molecule has 6 heteroatoms. The summed E-state index contributed by atoms with van der Waals surface area (Å²) in [6.45, 7) is 7.51. The van der Waals surface area contributed by atoms with E-state index in [-0.39, 0.29) is 5.91 Å². The van der Waals surface area contributed by atoms with E-state index in [0.29, 0.717) is 23.9 Å². The minimum absolute atomic E-state index is 0.182. The first-order valence-electron chi connectivity index (χ1n) is 9.72. The summed E-state index contributed by atoms with van der Waals surface area (Å²) in [5, 5.41) is 0. The number of aryl methyl sites for hydroxylation is 2. The third-order valence-corrected chi connectivity index (χ3v) is 5.66. The molecule has 4 rings (SSSR count). The van der Waals surface area contributed by atoms with Gasteiger partial charge in [-0.15, -0.1) is 0 Å². The van der Waals surface area contributed by atoms with Crippen molar-refractivity contribution in [3.8, 4) is 0 Å². The van der Waals surface area contributed by atoms with Gasteiger partial charge in [0.2, 0.25) is 5.91 Å². The lowest BCUT2D eigenvalue weighted by molar-refractivity contribution is -0.131. The number of anilines is 1. The maximum absolute atomic E-state index is 12.6. The van der Waals surface area contributed by atoms with E-state index in [0.717, 1.165) is 31.7 Å². The topological polar surface area (TPSA) is 69.5 Å². The zero-order valence-electron chi connectivity index (χ0n) is 16.3. The number of aromatic nitrogens is 1. The maximum Gasteiger partial charge on any atom is 0.417 e. The van der Waals surface area contributed by atoms with Crippen molar-refractivity contribution in [2.45, 2.75) is 26.7 Å². The van der Waals surface area contributed by atoms with E-state index in [2.05, 4.69) is 41.9 Å². The number of fused-ring (bicyclic) bond motifs is 1. The average molecular weight is 379 g/mol. The number of amides is 1. The zero-order valence-corrected chi connectivity index (χ0v) is 16.3. The summed E-state index contributed by atoms with van der Waals surface area (Å²) in [4.78, 5) is 30.9. The van der Waals surface area contributed by atoms with Gasteiger partial charge in [-0.3, -0.25) is 9.78 Å². The molecule has 1 amide bonds. The Morgan fingerprint density at radius 1 is 1.11 bits per heavy atom. The molecule has 2 heterocycles. The van der Waals surface area contributed by atoms with Gasteiger partial charge in [-0.05, 0) is 55.2 Å². The van der Waals surface area contributed by atoms with Gasteiger partial charge in [0.25, 0.3) is 0 Å². The fourth-order valence-electron chi connectivity index (χ4n) is 3.84. The van der Waals surface area contributed by atoms with Crippen LogP contribution in [0.3, 0.4) is 0 Å². The number of H-pyrrole nitrogens is 1. The summed E-state index contributed by atoms with van der Waals surface area (Å²) in [7, 11) is 0. The Kier molecular flexibility index (Phi) is 4.94. The molecule has 0 aliphatic carbocycles. The second kappa shape index (κ2) is 7.54. The molecule has 0 radical (unpaired) electrons. The van der Waals surface area contributed by atoms with Gasteiger partial charge in [0.15, 0.2) is 5.58 Å². The van der Waals surface area contributed by atoms with Crippen LogP contribution in [0.1, 0.15) is 23.1 Å². The number of nitrogens with one attached hydrogen (secondary N) is 1. The first-order valence-corrected chi connectivity index (χ1v) is 9.72. The number of rotatable bonds is 4. The molecule has 0 unspecified atom stereocenters. The van der Waals surface area contributed by atoms with Gasteiger partial charge in [-0.25, -0.2) is 4.79 Å². The van der Waals surface area contributed by atoms with Crippen LogP contribution in [-0.2, 0) is 11.2 Å². The van der Waals surface area contributed by atoms with E-state index < -0.39 is 5.76 Å². The van der Waals surface area contributed by atoms with Crippen LogP contribution in [0.15, 0.2) is 45.6 Å². The molecule has 1 saturated heterocycles. The van der Waals surface area contributed by atoms with E-state index in [1.807, 2.05) is 17.0 Å². The van der Waals surface area contributed by atoms with E-state index in [4.69, 9.17) is 4.42 Å². The number of aromatic amines is 1. The van der Waals surface area contributed by atoms with Gasteiger partial charge >= 0.3 is 5.76 Å². The molecule has 6 nitrogen and oxygen atoms in total. The molecule has 1 fully saturated rings. The summed E-state index contributed by atoms with van der Waals surface area (Å²) in [6, 6.07) is 12.0. The lowest BCUT2D eigenvalue weighted by atomic mass is 10.1. The molecule has 1 N–H and O–H groups in total. The van der Waals surface area contributed by atoms with Gasteiger partial charge in [0, 0.05) is 38.3 Å². The zero-order chi connectivity index (χ0) is 19.7. The molecule has 0 saturated carbocycles. The third kappa shape index (κ3) is 3.67. The highest BCUT2D eigenvalue weighted by atomic mass is 16.4. The number of carbonyl (C=O) groups excluding carboxylic acids is 1. The van der Waals surface area contributed by atoms with Crippen LogP contribution in [-0.4, -0.2) is 42.0 Å². The third-order valence-electron chi connectivity index (χ3n) is 5.66. The Balaban J connectivity index is 1.33. The Labute approximate surface area is 163 Å². The van der Waals surface area contributed by atoms with Crippen molar-refractivity contribution < 1.29 is 9.21 Å². The first-order chi connectivity index (χ1) is 13.5. The molecule has 28 heavy (non-hydrogen) atoms. The number of hydrogen-bond acceptors (Lipinski definition) is 4. The monoisotopic (exact) mass is 379 g/mol. The summed E-state index contributed by atoms with van der Waals surface area (Å²) in [5.74, 6) is -0.272. The van der Waals surface area contributed by atoms with Crippen LogP contribution in [0.25, 0.3) is 11.1 Å². The molecule has 0 atom stereocenters. The molecular formula is C22H25N3O3. The standard InChI is InChI=1S/C22H25N3O3/c1-15-4-3-5-19(16(15)2)24-10-12-25(13-11-24)21(26)9-7-17-6-8-20-18(14-17)23-22(27)28-20/h3-6,8,14H,7,9-13H2,1-2H3,(H,23,27). The molecule has 1 aliphatic rings. The first kappa shape index (κ1) is 18.3. The van der Waals surface area contributed by atoms with E-state index >= 15 is 0 Å². The van der Waals surface area contributed by atoms with Crippen LogP contribution in [0.5, 0.6) is 0 Å². The predicted molar refractivity (Wildman–Crippen MR) is 110 cm³/mol. The number of hydrogen-bond donors (Lipinski definition) is 1. The molecule has 0 spiro atoms. The molecule has 1 aliphatic heterocycles. The molecule has 146 valence electrons. The van der Waals surface area contributed by atoms with Crippen LogP contribution in [0, 0.1) is 13.8 Å². The highest BCUT2D eigenvalue weighted by Gasteiger charge is 2.22. The lowest BCUT2D eigenvalue weighted by Crippen LogP contribution is -2.49. The molecule has 3 aromatic rings.